The van der Waals surface area contributed by atoms with Crippen LogP contribution in [0.5, 0.6) is 0 Å². The Morgan fingerprint density at radius 3 is 2.27 bits per heavy atom. The first kappa shape index (κ1) is 17.9. The van der Waals surface area contributed by atoms with Crippen molar-refractivity contribution < 1.29 is 14.6 Å². The van der Waals surface area contributed by atoms with E-state index in [-0.39, 0.29) is 21.7 Å². The van der Waals surface area contributed by atoms with Crippen LogP contribution in [0, 0.1) is 20.2 Å². The van der Waals surface area contributed by atoms with Gasteiger partial charge in [-0.05, 0) is 29.7 Å². The second kappa shape index (κ2) is 7.21. The zero-order chi connectivity index (χ0) is 17.0. The number of non-ortho nitro benzene ring substituents is 1. The Balaban J connectivity index is 3.57. The summed E-state index contributed by atoms with van der Waals surface area (Å²) in [6.07, 6.45) is 0.641. The first-order chi connectivity index (χ1) is 10.2. The summed E-state index contributed by atoms with van der Waals surface area (Å²) in [4.78, 5) is 34.3. The van der Waals surface area contributed by atoms with E-state index in [4.69, 9.17) is 0 Å². The maximum absolute atomic E-state index is 11.9. The smallest absolute Gasteiger partial charge is 0.290 e. The molecule has 0 aliphatic rings. The predicted molar refractivity (Wildman–Crippen MR) is 83.4 cm³/mol. The molecule has 0 heterocycles. The van der Waals surface area contributed by atoms with Crippen LogP contribution in [0.15, 0.2) is 17.0 Å². The number of amides is 1. The quantitative estimate of drug-likeness (QED) is 0.462. The molecule has 0 saturated carbocycles. The highest BCUT2D eigenvalue weighted by atomic mass is 32.2. The summed E-state index contributed by atoms with van der Waals surface area (Å²) in [5.74, 6) is -0.143. The summed E-state index contributed by atoms with van der Waals surface area (Å²) in [6, 6.07) is 2.21. The molecular formula is C13H17N3O5S. The molecule has 8 nitrogen and oxygen atoms in total. The van der Waals surface area contributed by atoms with E-state index in [0.29, 0.717) is 12.0 Å². The zero-order valence-electron chi connectivity index (χ0n) is 12.7. The van der Waals surface area contributed by atoms with Crippen LogP contribution in [0.2, 0.25) is 0 Å². The van der Waals surface area contributed by atoms with Gasteiger partial charge in [0.05, 0.1) is 20.8 Å². The number of carbonyl (C=O) groups excluding carboxylic acids is 1. The van der Waals surface area contributed by atoms with Crippen molar-refractivity contribution in [2.45, 2.75) is 31.1 Å². The van der Waals surface area contributed by atoms with Gasteiger partial charge in [0.1, 0.15) is 0 Å². The van der Waals surface area contributed by atoms with Gasteiger partial charge in [0.2, 0.25) is 0 Å². The molecule has 0 saturated heterocycles. The van der Waals surface area contributed by atoms with Gasteiger partial charge in [-0.15, -0.1) is 0 Å². The van der Waals surface area contributed by atoms with Crippen molar-refractivity contribution in [1.29, 1.82) is 0 Å². The van der Waals surface area contributed by atoms with Crippen LogP contribution in [-0.2, 0) is 0 Å². The summed E-state index contributed by atoms with van der Waals surface area (Å²) in [6.45, 7) is 3.69. The SMILES string of the molecule is CC[C@@H](C)c1cc([N+](=O)[O-])cc([N+](=O)[O-])c1SC(=O)N(C)C. The Morgan fingerprint density at radius 2 is 1.86 bits per heavy atom. The number of benzene rings is 1. The topological polar surface area (TPSA) is 107 Å². The van der Waals surface area contributed by atoms with Crippen molar-refractivity contribution in [3.8, 4) is 0 Å². The van der Waals surface area contributed by atoms with E-state index in [1.807, 2.05) is 13.8 Å². The van der Waals surface area contributed by atoms with Gasteiger partial charge < -0.3 is 4.90 Å². The van der Waals surface area contributed by atoms with Crippen molar-refractivity contribution >= 4 is 28.4 Å². The van der Waals surface area contributed by atoms with Crippen LogP contribution in [0.25, 0.3) is 0 Å². The summed E-state index contributed by atoms with van der Waals surface area (Å²) in [5.41, 5.74) is -0.308. The molecule has 0 unspecified atom stereocenters. The molecule has 1 aromatic rings. The molecule has 1 amide bonds. The lowest BCUT2D eigenvalue weighted by Gasteiger charge is -2.16. The van der Waals surface area contributed by atoms with Gasteiger partial charge in [0.25, 0.3) is 16.6 Å². The van der Waals surface area contributed by atoms with Crippen molar-refractivity contribution in [3.05, 3.63) is 37.9 Å². The Labute approximate surface area is 131 Å². The lowest BCUT2D eigenvalue weighted by molar-refractivity contribution is -0.396. The third kappa shape index (κ3) is 3.94. The Kier molecular flexibility index (Phi) is 5.86. The highest BCUT2D eigenvalue weighted by Crippen LogP contribution is 2.41. The number of hydrogen-bond acceptors (Lipinski definition) is 6. The van der Waals surface area contributed by atoms with E-state index in [1.165, 1.54) is 25.1 Å². The Hall–Kier alpha value is -2.16. The summed E-state index contributed by atoms with van der Waals surface area (Å²) in [5, 5.41) is 21.9. The number of nitrogens with zero attached hydrogens (tertiary/aromatic N) is 3. The maximum Gasteiger partial charge on any atom is 0.290 e. The van der Waals surface area contributed by atoms with Gasteiger partial charge >= 0.3 is 0 Å². The van der Waals surface area contributed by atoms with Crippen LogP contribution >= 0.6 is 11.8 Å². The molecule has 0 N–H and O–H groups in total. The molecule has 0 fully saturated rings. The second-order valence-corrected chi connectivity index (χ2v) is 5.93. The number of carbonyl (C=O) groups is 1. The molecule has 1 rings (SSSR count). The van der Waals surface area contributed by atoms with Crippen molar-refractivity contribution in [3.63, 3.8) is 0 Å². The first-order valence-corrected chi connectivity index (χ1v) is 7.36. The molecule has 0 aliphatic heterocycles. The van der Waals surface area contributed by atoms with Crippen molar-refractivity contribution in [2.75, 3.05) is 14.1 Å². The van der Waals surface area contributed by atoms with Gasteiger partial charge in [-0.1, -0.05) is 13.8 Å². The highest BCUT2D eigenvalue weighted by Gasteiger charge is 2.28. The van der Waals surface area contributed by atoms with Crippen LogP contribution < -0.4 is 0 Å². The average Bonchev–Trinajstić information content (AvgIpc) is 2.45. The van der Waals surface area contributed by atoms with E-state index >= 15 is 0 Å². The van der Waals surface area contributed by atoms with Crippen molar-refractivity contribution in [2.24, 2.45) is 0 Å². The minimum Gasteiger partial charge on any atom is -0.339 e. The zero-order valence-corrected chi connectivity index (χ0v) is 13.5. The first-order valence-electron chi connectivity index (χ1n) is 6.54. The number of thioether (sulfide) groups is 1. The van der Waals surface area contributed by atoms with E-state index < -0.39 is 15.5 Å². The Morgan fingerprint density at radius 1 is 1.27 bits per heavy atom. The normalized spacial score (nSPS) is 11.8. The molecule has 120 valence electrons. The molecule has 1 atom stereocenters. The van der Waals surface area contributed by atoms with Crippen molar-refractivity contribution in [1.82, 2.24) is 4.90 Å². The molecule has 0 spiro atoms. The van der Waals surface area contributed by atoms with Gasteiger partial charge in [-0.25, -0.2) is 0 Å². The molecule has 0 aromatic heterocycles. The van der Waals surface area contributed by atoms with Crippen LogP contribution in [0.3, 0.4) is 0 Å². The van der Waals surface area contributed by atoms with Crippen LogP contribution in [-0.4, -0.2) is 34.1 Å². The lowest BCUT2D eigenvalue weighted by atomic mass is 9.97. The Bertz CT molecular complexity index is 618. The fourth-order valence-corrected chi connectivity index (χ4v) is 2.71. The number of nitro groups is 2. The summed E-state index contributed by atoms with van der Waals surface area (Å²) >= 11 is 0.720. The van der Waals surface area contributed by atoms with Gasteiger partial charge in [0.15, 0.2) is 0 Å². The van der Waals surface area contributed by atoms with Crippen LogP contribution in [0.4, 0.5) is 16.2 Å². The summed E-state index contributed by atoms with van der Waals surface area (Å²) in [7, 11) is 3.07. The second-order valence-electron chi connectivity index (χ2n) is 4.97. The minimum atomic E-state index is -0.690. The third-order valence-electron chi connectivity index (χ3n) is 3.19. The monoisotopic (exact) mass is 327 g/mol. The predicted octanol–water partition coefficient (Wildman–Crippen LogP) is 3.79. The van der Waals surface area contributed by atoms with E-state index in [9.17, 15) is 25.0 Å². The highest BCUT2D eigenvalue weighted by molar-refractivity contribution is 8.13. The van der Waals surface area contributed by atoms with E-state index in [2.05, 4.69) is 0 Å². The molecule has 0 bridgehead atoms. The number of hydrogen-bond donors (Lipinski definition) is 0. The molecule has 22 heavy (non-hydrogen) atoms. The number of rotatable bonds is 5. The van der Waals surface area contributed by atoms with Gasteiger partial charge in [0, 0.05) is 20.2 Å². The van der Waals surface area contributed by atoms with Gasteiger partial charge in [-0.3, -0.25) is 25.0 Å². The van der Waals surface area contributed by atoms with Crippen LogP contribution in [0.1, 0.15) is 31.7 Å². The lowest BCUT2D eigenvalue weighted by Crippen LogP contribution is -2.17. The average molecular weight is 327 g/mol. The number of nitro benzene ring substituents is 2. The van der Waals surface area contributed by atoms with E-state index in [0.717, 1.165) is 17.8 Å². The molecule has 1 aromatic carbocycles. The third-order valence-corrected chi connectivity index (χ3v) is 4.38. The molecular weight excluding hydrogens is 310 g/mol. The molecule has 0 radical (unpaired) electrons. The fourth-order valence-electron chi connectivity index (χ4n) is 1.74. The minimum absolute atomic E-state index is 0.143. The molecule has 0 aliphatic carbocycles. The standard InChI is InChI=1S/C13H17N3O5S/c1-5-8(2)10-6-9(15(18)19)7-11(16(20)21)12(10)22-13(17)14(3)4/h6-8H,5H2,1-4H3/t8-/m1/s1. The largest absolute Gasteiger partial charge is 0.339 e. The van der Waals surface area contributed by atoms with E-state index in [1.54, 1.807) is 0 Å². The molecule has 9 heteroatoms. The maximum atomic E-state index is 11.9. The summed E-state index contributed by atoms with van der Waals surface area (Å²) < 4.78 is 0. The fraction of sp³-hybridized carbons (Fsp3) is 0.462. The van der Waals surface area contributed by atoms with Gasteiger partial charge in [-0.2, -0.15) is 0 Å².